The highest BCUT2D eigenvalue weighted by molar-refractivity contribution is 5.90. The topological polar surface area (TPSA) is 52.3 Å². The van der Waals surface area contributed by atoms with Gasteiger partial charge in [0.1, 0.15) is 5.82 Å². The van der Waals surface area contributed by atoms with Crippen molar-refractivity contribution in [2.45, 2.75) is 26.2 Å². The third-order valence-corrected chi connectivity index (χ3v) is 2.14. The van der Waals surface area contributed by atoms with Crippen LogP contribution in [0.5, 0.6) is 0 Å². The summed E-state index contributed by atoms with van der Waals surface area (Å²) in [5, 5.41) is 0. The summed E-state index contributed by atoms with van der Waals surface area (Å²) < 4.78 is 17.9. The lowest BCUT2D eigenvalue weighted by Gasteiger charge is -2.05. The van der Waals surface area contributed by atoms with E-state index in [0.717, 1.165) is 31.4 Å². The van der Waals surface area contributed by atoms with Gasteiger partial charge in [0.25, 0.3) is 0 Å². The Morgan fingerprint density at radius 3 is 2.75 bits per heavy atom. The second kappa shape index (κ2) is 6.10. The highest BCUT2D eigenvalue weighted by atomic mass is 19.1. The van der Waals surface area contributed by atoms with Gasteiger partial charge in [-0.2, -0.15) is 0 Å². The van der Waals surface area contributed by atoms with Gasteiger partial charge >= 0.3 is 5.97 Å². The van der Waals surface area contributed by atoms with Crippen LogP contribution in [0.25, 0.3) is 0 Å². The third-order valence-electron chi connectivity index (χ3n) is 2.14. The van der Waals surface area contributed by atoms with E-state index in [0.29, 0.717) is 6.61 Å². The molecule has 1 aromatic carbocycles. The van der Waals surface area contributed by atoms with Crippen LogP contribution in [0.3, 0.4) is 0 Å². The molecule has 4 heteroatoms. The molecule has 0 aliphatic heterocycles. The zero-order valence-corrected chi connectivity index (χ0v) is 9.33. The number of nitrogen functional groups attached to an aromatic ring is 1. The molecule has 1 aromatic rings. The molecule has 0 unspecified atom stereocenters. The molecule has 16 heavy (non-hydrogen) atoms. The molecule has 0 saturated carbocycles. The number of anilines is 1. The van der Waals surface area contributed by atoms with Crippen molar-refractivity contribution in [2.75, 3.05) is 12.3 Å². The van der Waals surface area contributed by atoms with Gasteiger partial charge in [0.2, 0.25) is 0 Å². The second-order valence-electron chi connectivity index (χ2n) is 3.62. The minimum Gasteiger partial charge on any atom is -0.462 e. The number of unbranched alkanes of at least 4 members (excludes halogenated alkanes) is 2. The van der Waals surface area contributed by atoms with Crippen molar-refractivity contribution in [2.24, 2.45) is 0 Å². The lowest BCUT2D eigenvalue weighted by Crippen LogP contribution is -2.07. The summed E-state index contributed by atoms with van der Waals surface area (Å²) in [7, 11) is 0. The highest BCUT2D eigenvalue weighted by Crippen LogP contribution is 2.12. The van der Waals surface area contributed by atoms with Crippen LogP contribution in [0.1, 0.15) is 36.5 Å². The molecule has 2 N–H and O–H groups in total. The number of carbonyl (C=O) groups is 1. The maximum absolute atomic E-state index is 12.9. The summed E-state index contributed by atoms with van der Waals surface area (Å²) >= 11 is 0. The number of nitrogens with two attached hydrogens (primary N) is 1. The number of ether oxygens (including phenoxy) is 1. The quantitative estimate of drug-likeness (QED) is 0.476. The van der Waals surface area contributed by atoms with Crippen LogP contribution in [0, 0.1) is 5.82 Å². The van der Waals surface area contributed by atoms with Gasteiger partial charge in [-0.1, -0.05) is 19.8 Å². The minimum atomic E-state index is -0.527. The predicted molar refractivity (Wildman–Crippen MR) is 60.6 cm³/mol. The highest BCUT2D eigenvalue weighted by Gasteiger charge is 2.09. The average Bonchev–Trinajstić information content (AvgIpc) is 2.22. The fourth-order valence-corrected chi connectivity index (χ4v) is 1.33. The molecular formula is C12H16FNO2. The summed E-state index contributed by atoms with van der Waals surface area (Å²) in [6.45, 7) is 2.43. The van der Waals surface area contributed by atoms with E-state index in [-0.39, 0.29) is 11.3 Å². The van der Waals surface area contributed by atoms with Gasteiger partial charge in [-0.15, -0.1) is 0 Å². The van der Waals surface area contributed by atoms with E-state index in [1.165, 1.54) is 6.07 Å². The van der Waals surface area contributed by atoms with Crippen LogP contribution in [0.2, 0.25) is 0 Å². The SMILES string of the molecule is CCCCCOC(=O)c1cc(N)cc(F)c1. The molecule has 88 valence electrons. The van der Waals surface area contributed by atoms with Gasteiger partial charge < -0.3 is 10.5 Å². The zero-order valence-electron chi connectivity index (χ0n) is 9.33. The Bertz CT molecular complexity index is 346. The molecule has 0 aliphatic rings. The summed E-state index contributed by atoms with van der Waals surface area (Å²) in [4.78, 5) is 11.5. The standard InChI is InChI=1S/C12H16FNO2/c1-2-3-4-5-16-12(15)9-6-10(13)8-11(14)7-9/h6-8H,2-5,14H2,1H3. The monoisotopic (exact) mass is 225 g/mol. The van der Waals surface area contributed by atoms with E-state index in [1.807, 2.05) is 0 Å². The molecule has 0 radical (unpaired) electrons. The zero-order chi connectivity index (χ0) is 12.0. The Morgan fingerprint density at radius 2 is 2.12 bits per heavy atom. The first-order valence-corrected chi connectivity index (χ1v) is 5.36. The Labute approximate surface area is 94.4 Å². The number of carbonyl (C=O) groups excluding carboxylic acids is 1. The number of hydrogen-bond donors (Lipinski definition) is 1. The van der Waals surface area contributed by atoms with Crippen LogP contribution in [-0.4, -0.2) is 12.6 Å². The van der Waals surface area contributed by atoms with Gasteiger partial charge in [0.05, 0.1) is 12.2 Å². The molecule has 0 heterocycles. The lowest BCUT2D eigenvalue weighted by atomic mass is 10.2. The number of benzene rings is 1. The van der Waals surface area contributed by atoms with E-state index < -0.39 is 11.8 Å². The number of hydrogen-bond acceptors (Lipinski definition) is 3. The van der Waals surface area contributed by atoms with Crippen molar-refractivity contribution >= 4 is 11.7 Å². The van der Waals surface area contributed by atoms with Crippen molar-refractivity contribution in [1.82, 2.24) is 0 Å². The van der Waals surface area contributed by atoms with Crippen molar-refractivity contribution in [3.63, 3.8) is 0 Å². The molecule has 0 aromatic heterocycles. The Morgan fingerprint density at radius 1 is 1.38 bits per heavy atom. The molecule has 0 fully saturated rings. The molecule has 1 rings (SSSR count). The summed E-state index contributed by atoms with van der Waals surface area (Å²) in [5.41, 5.74) is 5.81. The number of halogens is 1. The lowest BCUT2D eigenvalue weighted by molar-refractivity contribution is 0.0497. The fourth-order valence-electron chi connectivity index (χ4n) is 1.33. The minimum absolute atomic E-state index is 0.161. The first kappa shape index (κ1) is 12.5. The van der Waals surface area contributed by atoms with Gasteiger partial charge in [0.15, 0.2) is 0 Å². The summed E-state index contributed by atoms with van der Waals surface area (Å²) in [6.07, 6.45) is 2.90. The van der Waals surface area contributed by atoms with Gasteiger partial charge in [0, 0.05) is 5.69 Å². The number of rotatable bonds is 5. The van der Waals surface area contributed by atoms with E-state index in [4.69, 9.17) is 10.5 Å². The molecule has 0 spiro atoms. The smallest absolute Gasteiger partial charge is 0.338 e. The maximum Gasteiger partial charge on any atom is 0.338 e. The first-order valence-electron chi connectivity index (χ1n) is 5.36. The molecule has 0 atom stereocenters. The summed E-state index contributed by atoms with van der Waals surface area (Å²) in [5.74, 6) is -1.05. The van der Waals surface area contributed by atoms with Gasteiger partial charge in [-0.05, 0) is 24.6 Å². The van der Waals surface area contributed by atoms with Crippen LogP contribution < -0.4 is 5.73 Å². The van der Waals surface area contributed by atoms with Crippen molar-refractivity contribution in [1.29, 1.82) is 0 Å². The summed E-state index contributed by atoms with van der Waals surface area (Å²) in [6, 6.07) is 3.69. The first-order chi connectivity index (χ1) is 7.63. The van der Waals surface area contributed by atoms with Gasteiger partial charge in [-0.3, -0.25) is 0 Å². The molecule has 0 aliphatic carbocycles. The van der Waals surface area contributed by atoms with E-state index in [9.17, 15) is 9.18 Å². The van der Waals surface area contributed by atoms with E-state index in [1.54, 1.807) is 0 Å². The normalized spacial score (nSPS) is 10.1. The van der Waals surface area contributed by atoms with Crippen molar-refractivity contribution < 1.29 is 13.9 Å². The predicted octanol–water partition coefficient (Wildman–Crippen LogP) is 2.75. The van der Waals surface area contributed by atoms with E-state index in [2.05, 4.69) is 6.92 Å². The Hall–Kier alpha value is -1.58. The van der Waals surface area contributed by atoms with Crippen molar-refractivity contribution in [3.05, 3.63) is 29.6 Å². The molecule has 0 amide bonds. The fraction of sp³-hybridized carbons (Fsp3) is 0.417. The van der Waals surface area contributed by atoms with Crippen LogP contribution in [0.4, 0.5) is 10.1 Å². The molecule has 0 saturated heterocycles. The Kier molecular flexibility index (Phi) is 4.76. The van der Waals surface area contributed by atoms with Crippen LogP contribution in [0.15, 0.2) is 18.2 Å². The maximum atomic E-state index is 12.9. The molecule has 0 bridgehead atoms. The second-order valence-corrected chi connectivity index (χ2v) is 3.62. The third kappa shape index (κ3) is 3.88. The molecule has 3 nitrogen and oxygen atoms in total. The molecular weight excluding hydrogens is 209 g/mol. The van der Waals surface area contributed by atoms with Crippen LogP contribution >= 0.6 is 0 Å². The van der Waals surface area contributed by atoms with Crippen LogP contribution in [-0.2, 0) is 4.74 Å². The Balaban J connectivity index is 2.52. The van der Waals surface area contributed by atoms with Crippen molar-refractivity contribution in [3.8, 4) is 0 Å². The number of esters is 1. The van der Waals surface area contributed by atoms with E-state index >= 15 is 0 Å². The average molecular weight is 225 g/mol. The van der Waals surface area contributed by atoms with Gasteiger partial charge in [-0.25, -0.2) is 9.18 Å². The largest absolute Gasteiger partial charge is 0.462 e.